The molecular weight excluding hydrogens is 184 g/mol. The molecule has 0 fully saturated rings. The number of carbonyl (C=O) groups is 1. The lowest BCUT2D eigenvalue weighted by atomic mass is 10.1. The van der Waals surface area contributed by atoms with Gasteiger partial charge in [-0.25, -0.2) is 0 Å². The van der Waals surface area contributed by atoms with Gasteiger partial charge in [-0.15, -0.1) is 0 Å². The molecule has 0 aliphatic heterocycles. The fraction of sp³-hybridized carbons (Fsp3) is 0.500. The number of hydrogen-bond acceptors (Lipinski definition) is 1. The first-order chi connectivity index (χ1) is 6.91. The molecule has 0 saturated heterocycles. The molecule has 0 radical (unpaired) electrons. The van der Waals surface area contributed by atoms with E-state index >= 15 is 0 Å². The van der Waals surface area contributed by atoms with Crippen molar-refractivity contribution in [2.75, 3.05) is 0 Å². The SMILES string of the molecule is CC(C)=CCC/C(C)=C/C(=O)C=C(C)C. The summed E-state index contributed by atoms with van der Waals surface area (Å²) in [5, 5.41) is 0. The second-order valence-electron chi connectivity index (χ2n) is 4.43. The predicted molar refractivity (Wildman–Crippen MR) is 66.9 cm³/mol. The molecule has 0 aromatic heterocycles. The van der Waals surface area contributed by atoms with Crippen molar-refractivity contribution in [3.05, 3.63) is 34.9 Å². The zero-order chi connectivity index (χ0) is 11.8. The van der Waals surface area contributed by atoms with Crippen molar-refractivity contribution in [1.82, 2.24) is 0 Å². The summed E-state index contributed by atoms with van der Waals surface area (Å²) in [5.74, 6) is 0.102. The lowest BCUT2D eigenvalue weighted by Gasteiger charge is -1.97. The minimum atomic E-state index is 0.102. The first-order valence-electron chi connectivity index (χ1n) is 5.41. The topological polar surface area (TPSA) is 17.1 Å². The minimum Gasteiger partial charge on any atom is -0.290 e. The number of carbonyl (C=O) groups excluding carboxylic acids is 1. The predicted octanol–water partition coefficient (Wildman–Crippen LogP) is 4.21. The molecule has 0 unspecified atom stereocenters. The van der Waals surface area contributed by atoms with Gasteiger partial charge in [0.05, 0.1) is 0 Å². The van der Waals surface area contributed by atoms with Gasteiger partial charge in [0.2, 0.25) is 0 Å². The molecule has 0 aromatic carbocycles. The van der Waals surface area contributed by atoms with Gasteiger partial charge in [-0.2, -0.15) is 0 Å². The van der Waals surface area contributed by atoms with E-state index in [0.717, 1.165) is 24.0 Å². The van der Waals surface area contributed by atoms with Gasteiger partial charge < -0.3 is 0 Å². The molecule has 0 amide bonds. The molecule has 0 saturated carbocycles. The molecular formula is C14H22O. The Morgan fingerprint density at radius 2 is 1.53 bits per heavy atom. The van der Waals surface area contributed by atoms with Crippen LogP contribution in [0.1, 0.15) is 47.5 Å². The van der Waals surface area contributed by atoms with E-state index in [1.54, 1.807) is 12.2 Å². The molecule has 0 heterocycles. The summed E-state index contributed by atoms with van der Waals surface area (Å²) >= 11 is 0. The van der Waals surface area contributed by atoms with E-state index in [0.29, 0.717) is 0 Å². The second-order valence-corrected chi connectivity index (χ2v) is 4.43. The fourth-order valence-corrected chi connectivity index (χ4v) is 1.23. The first-order valence-corrected chi connectivity index (χ1v) is 5.41. The van der Waals surface area contributed by atoms with Crippen LogP contribution in [0.15, 0.2) is 34.9 Å². The van der Waals surface area contributed by atoms with Crippen molar-refractivity contribution in [2.24, 2.45) is 0 Å². The smallest absolute Gasteiger partial charge is 0.178 e. The van der Waals surface area contributed by atoms with Gasteiger partial charge in [-0.1, -0.05) is 22.8 Å². The molecule has 15 heavy (non-hydrogen) atoms. The van der Waals surface area contributed by atoms with Crippen molar-refractivity contribution >= 4 is 5.78 Å². The van der Waals surface area contributed by atoms with E-state index in [1.807, 2.05) is 20.8 Å². The van der Waals surface area contributed by atoms with Crippen LogP contribution in [0, 0.1) is 0 Å². The van der Waals surface area contributed by atoms with Crippen molar-refractivity contribution in [3.8, 4) is 0 Å². The van der Waals surface area contributed by atoms with Crippen LogP contribution in [0.4, 0.5) is 0 Å². The van der Waals surface area contributed by atoms with Crippen LogP contribution in [-0.4, -0.2) is 5.78 Å². The van der Waals surface area contributed by atoms with Crippen LogP contribution in [0.3, 0.4) is 0 Å². The summed E-state index contributed by atoms with van der Waals surface area (Å²) in [4.78, 5) is 11.4. The van der Waals surface area contributed by atoms with Crippen LogP contribution < -0.4 is 0 Å². The van der Waals surface area contributed by atoms with Crippen molar-refractivity contribution in [3.63, 3.8) is 0 Å². The van der Waals surface area contributed by atoms with Crippen molar-refractivity contribution < 1.29 is 4.79 Å². The highest BCUT2D eigenvalue weighted by Gasteiger charge is 1.94. The molecule has 0 aliphatic carbocycles. The van der Waals surface area contributed by atoms with Gasteiger partial charge in [0.15, 0.2) is 5.78 Å². The van der Waals surface area contributed by atoms with Crippen LogP contribution in [0.25, 0.3) is 0 Å². The maximum absolute atomic E-state index is 11.4. The summed E-state index contributed by atoms with van der Waals surface area (Å²) in [6, 6.07) is 0. The van der Waals surface area contributed by atoms with E-state index in [9.17, 15) is 4.79 Å². The van der Waals surface area contributed by atoms with Gasteiger partial charge in [0, 0.05) is 0 Å². The Bertz CT molecular complexity index is 295. The van der Waals surface area contributed by atoms with Crippen LogP contribution in [-0.2, 0) is 4.79 Å². The van der Waals surface area contributed by atoms with E-state index in [4.69, 9.17) is 0 Å². The van der Waals surface area contributed by atoms with Crippen LogP contribution in [0.2, 0.25) is 0 Å². The first kappa shape index (κ1) is 13.9. The Labute approximate surface area is 93.6 Å². The quantitative estimate of drug-likeness (QED) is 0.486. The lowest BCUT2D eigenvalue weighted by Crippen LogP contribution is -1.89. The molecule has 0 aliphatic rings. The molecule has 0 N–H and O–H groups in total. The van der Waals surface area contributed by atoms with Gasteiger partial charge in [-0.05, 0) is 59.6 Å². The Kier molecular flexibility index (Phi) is 6.68. The minimum absolute atomic E-state index is 0.102. The van der Waals surface area contributed by atoms with Gasteiger partial charge in [-0.3, -0.25) is 4.79 Å². The molecule has 0 aromatic rings. The van der Waals surface area contributed by atoms with Gasteiger partial charge in [0.1, 0.15) is 0 Å². The van der Waals surface area contributed by atoms with Gasteiger partial charge >= 0.3 is 0 Å². The number of rotatable bonds is 5. The molecule has 1 nitrogen and oxygen atoms in total. The van der Waals surface area contributed by atoms with Gasteiger partial charge in [0.25, 0.3) is 0 Å². The molecule has 1 heteroatoms. The molecule has 0 spiro atoms. The van der Waals surface area contributed by atoms with Crippen LogP contribution in [0.5, 0.6) is 0 Å². The maximum atomic E-state index is 11.4. The largest absolute Gasteiger partial charge is 0.290 e. The normalized spacial score (nSPS) is 10.9. The Morgan fingerprint density at radius 1 is 0.933 bits per heavy atom. The highest BCUT2D eigenvalue weighted by Crippen LogP contribution is 2.07. The van der Waals surface area contributed by atoms with Crippen molar-refractivity contribution in [2.45, 2.75) is 47.5 Å². The zero-order valence-corrected chi connectivity index (χ0v) is 10.6. The van der Waals surface area contributed by atoms with Crippen LogP contribution >= 0.6 is 0 Å². The molecule has 0 rings (SSSR count). The standard InChI is InChI=1S/C14H22O/c1-11(2)7-6-8-13(5)10-14(15)9-12(3)4/h7,9-10H,6,8H2,1-5H3/b13-10+. The second kappa shape index (κ2) is 7.22. The summed E-state index contributed by atoms with van der Waals surface area (Å²) in [7, 11) is 0. The summed E-state index contributed by atoms with van der Waals surface area (Å²) in [5.41, 5.74) is 3.53. The third-order valence-electron chi connectivity index (χ3n) is 1.91. The molecule has 84 valence electrons. The van der Waals surface area contributed by atoms with E-state index in [-0.39, 0.29) is 5.78 Å². The van der Waals surface area contributed by atoms with E-state index in [2.05, 4.69) is 19.9 Å². The third-order valence-corrected chi connectivity index (χ3v) is 1.91. The summed E-state index contributed by atoms with van der Waals surface area (Å²) in [6.07, 6.45) is 7.58. The lowest BCUT2D eigenvalue weighted by molar-refractivity contribution is -0.110. The van der Waals surface area contributed by atoms with Crippen molar-refractivity contribution in [1.29, 1.82) is 0 Å². The fourth-order valence-electron chi connectivity index (χ4n) is 1.23. The Balaban J connectivity index is 4.15. The number of hydrogen-bond donors (Lipinski definition) is 0. The Hall–Kier alpha value is -1.11. The average molecular weight is 206 g/mol. The summed E-state index contributed by atoms with van der Waals surface area (Å²) in [6.45, 7) is 10.1. The molecule has 0 atom stereocenters. The summed E-state index contributed by atoms with van der Waals surface area (Å²) < 4.78 is 0. The number of ketones is 1. The highest BCUT2D eigenvalue weighted by molar-refractivity contribution is 5.99. The highest BCUT2D eigenvalue weighted by atomic mass is 16.1. The average Bonchev–Trinajstić information content (AvgIpc) is 2.00. The number of allylic oxidation sites excluding steroid dienone is 6. The monoisotopic (exact) mass is 206 g/mol. The molecule has 0 bridgehead atoms. The zero-order valence-electron chi connectivity index (χ0n) is 10.6. The third kappa shape index (κ3) is 9.20. The Morgan fingerprint density at radius 3 is 2.00 bits per heavy atom. The van der Waals surface area contributed by atoms with E-state index in [1.165, 1.54) is 5.57 Å². The maximum Gasteiger partial charge on any atom is 0.178 e. The van der Waals surface area contributed by atoms with E-state index < -0.39 is 0 Å².